The van der Waals surface area contributed by atoms with Crippen LogP contribution in [0.3, 0.4) is 0 Å². The van der Waals surface area contributed by atoms with E-state index >= 15 is 0 Å². The molecule has 2 aromatic carbocycles. The van der Waals surface area contributed by atoms with E-state index in [1.807, 2.05) is 30.3 Å². The fourth-order valence-corrected chi connectivity index (χ4v) is 6.79. The molecule has 3 aliphatic rings. The van der Waals surface area contributed by atoms with Gasteiger partial charge in [-0.1, -0.05) is 42.5 Å². The molecule has 1 aliphatic carbocycles. The molecule has 2 fully saturated rings. The minimum absolute atomic E-state index is 0.128. The van der Waals surface area contributed by atoms with E-state index < -0.39 is 41.6 Å². The molecule has 2 aliphatic heterocycles. The van der Waals surface area contributed by atoms with E-state index in [9.17, 15) is 24.3 Å². The minimum Gasteiger partial charge on any atom is -0.495 e. The van der Waals surface area contributed by atoms with Crippen LogP contribution in [0.25, 0.3) is 0 Å². The number of ether oxygens (including phenoxy) is 2. The van der Waals surface area contributed by atoms with Crippen LogP contribution in [0, 0.1) is 17.2 Å². The Kier molecular flexibility index (Phi) is 5.69. The van der Waals surface area contributed by atoms with E-state index in [2.05, 4.69) is 11.1 Å². The number of aliphatic hydroxyl groups excluding tert-OH is 1. The summed E-state index contributed by atoms with van der Waals surface area (Å²) < 4.78 is 40.6. The van der Waals surface area contributed by atoms with Crippen molar-refractivity contribution in [2.45, 2.75) is 35.6 Å². The van der Waals surface area contributed by atoms with Crippen molar-refractivity contribution in [3.63, 3.8) is 0 Å². The number of likely N-dealkylation sites (tertiary alicyclic amines) is 1. The number of aliphatic hydroxyl groups is 2. The summed E-state index contributed by atoms with van der Waals surface area (Å²) in [6.45, 7) is -0.0990. The number of methoxy groups -OCH3 is 1. The summed E-state index contributed by atoms with van der Waals surface area (Å²) in [4.78, 5) is 5.85. The number of pyridine rings is 1. The number of hydrogen-bond donors (Lipinski definition) is 2. The fraction of sp³-hybridized carbons (Fsp3) is 0.379. The van der Waals surface area contributed by atoms with Crippen LogP contribution in [0.15, 0.2) is 67.0 Å². The SMILES string of the molecule is COc1cncc2c1[C@]1(O)[C@H](O)[C@H](CN3CCC(F)(F)C3)[C@@H](c3ccccc3)[C@]1(c1ccc(C#N)cc1)O2. The van der Waals surface area contributed by atoms with Crippen molar-refractivity contribution >= 4 is 0 Å². The first-order chi connectivity index (χ1) is 18.2. The van der Waals surface area contributed by atoms with Crippen LogP contribution >= 0.6 is 0 Å². The van der Waals surface area contributed by atoms with Crippen LogP contribution in [0.1, 0.15) is 34.6 Å². The number of nitrogens with zero attached hydrogens (tertiary/aromatic N) is 3. The van der Waals surface area contributed by atoms with Crippen LogP contribution in [0.4, 0.5) is 8.78 Å². The maximum atomic E-state index is 14.2. The molecular formula is C29H27F2N3O4. The molecule has 6 rings (SSSR count). The molecule has 1 aromatic heterocycles. The highest BCUT2D eigenvalue weighted by atomic mass is 19.3. The summed E-state index contributed by atoms with van der Waals surface area (Å²) in [5.74, 6) is -3.62. The fourth-order valence-electron chi connectivity index (χ4n) is 6.79. The van der Waals surface area contributed by atoms with Crippen LogP contribution in [0.5, 0.6) is 11.5 Å². The second kappa shape index (κ2) is 8.73. The molecule has 0 radical (unpaired) electrons. The highest BCUT2D eigenvalue weighted by molar-refractivity contribution is 5.59. The average molecular weight is 520 g/mol. The number of nitriles is 1. The van der Waals surface area contributed by atoms with Crippen molar-refractivity contribution < 1.29 is 28.5 Å². The van der Waals surface area contributed by atoms with E-state index in [4.69, 9.17) is 9.47 Å². The monoisotopic (exact) mass is 519 g/mol. The van der Waals surface area contributed by atoms with Gasteiger partial charge < -0.3 is 19.7 Å². The molecule has 196 valence electrons. The molecule has 0 unspecified atom stereocenters. The second-order valence-electron chi connectivity index (χ2n) is 10.3. The molecular weight excluding hydrogens is 492 g/mol. The summed E-state index contributed by atoms with van der Waals surface area (Å²) in [6.07, 6.45) is 1.27. The zero-order valence-electron chi connectivity index (χ0n) is 20.7. The Morgan fingerprint density at radius 1 is 1.16 bits per heavy atom. The largest absolute Gasteiger partial charge is 0.495 e. The van der Waals surface area contributed by atoms with E-state index in [0.29, 0.717) is 11.1 Å². The lowest BCUT2D eigenvalue weighted by Gasteiger charge is -2.41. The highest BCUT2D eigenvalue weighted by Crippen LogP contribution is 2.69. The Morgan fingerprint density at radius 3 is 2.53 bits per heavy atom. The molecule has 0 spiro atoms. The minimum atomic E-state index is -2.80. The van der Waals surface area contributed by atoms with Gasteiger partial charge in [-0.15, -0.1) is 0 Å². The lowest BCUT2D eigenvalue weighted by atomic mass is 9.70. The number of rotatable bonds is 5. The Bertz CT molecular complexity index is 1400. The third kappa shape index (κ3) is 3.37. The van der Waals surface area contributed by atoms with Gasteiger partial charge in [-0.2, -0.15) is 5.26 Å². The van der Waals surface area contributed by atoms with E-state index in [1.54, 1.807) is 29.2 Å². The normalized spacial score (nSPS) is 31.3. The van der Waals surface area contributed by atoms with Crippen molar-refractivity contribution in [2.24, 2.45) is 5.92 Å². The van der Waals surface area contributed by atoms with Gasteiger partial charge in [0.1, 0.15) is 11.5 Å². The molecule has 2 N–H and O–H groups in total. The number of aromatic nitrogens is 1. The summed E-state index contributed by atoms with van der Waals surface area (Å²) in [6, 6.07) is 18.2. The van der Waals surface area contributed by atoms with Crippen LogP contribution in [0.2, 0.25) is 0 Å². The van der Waals surface area contributed by atoms with Crippen molar-refractivity contribution in [1.82, 2.24) is 9.88 Å². The molecule has 0 amide bonds. The van der Waals surface area contributed by atoms with E-state index in [0.717, 1.165) is 5.56 Å². The van der Waals surface area contributed by atoms with Gasteiger partial charge in [0, 0.05) is 31.3 Å². The topological polar surface area (TPSA) is 98.8 Å². The number of hydrogen-bond acceptors (Lipinski definition) is 7. The van der Waals surface area contributed by atoms with Gasteiger partial charge in [0.25, 0.3) is 5.92 Å². The van der Waals surface area contributed by atoms with Crippen LogP contribution in [-0.2, 0) is 11.2 Å². The molecule has 9 heteroatoms. The first-order valence-corrected chi connectivity index (χ1v) is 12.5. The van der Waals surface area contributed by atoms with Gasteiger partial charge in [-0.3, -0.25) is 9.88 Å². The summed E-state index contributed by atoms with van der Waals surface area (Å²) in [7, 11) is 1.45. The Hall–Kier alpha value is -3.58. The Labute approximate surface area is 218 Å². The molecule has 1 saturated carbocycles. The van der Waals surface area contributed by atoms with Crippen molar-refractivity contribution in [3.05, 3.63) is 89.2 Å². The van der Waals surface area contributed by atoms with Crippen molar-refractivity contribution in [1.29, 1.82) is 5.26 Å². The molecule has 5 atom stereocenters. The molecule has 1 saturated heterocycles. The van der Waals surface area contributed by atoms with Gasteiger partial charge >= 0.3 is 0 Å². The molecule has 38 heavy (non-hydrogen) atoms. The molecule has 3 heterocycles. The summed E-state index contributed by atoms with van der Waals surface area (Å²) in [5.41, 5.74) is -1.57. The lowest BCUT2D eigenvalue weighted by Crippen LogP contribution is -2.52. The van der Waals surface area contributed by atoms with E-state index in [-0.39, 0.29) is 36.6 Å². The Morgan fingerprint density at radius 2 is 1.89 bits per heavy atom. The predicted molar refractivity (Wildman–Crippen MR) is 133 cm³/mol. The first kappa shape index (κ1) is 24.7. The van der Waals surface area contributed by atoms with Gasteiger partial charge in [0.15, 0.2) is 11.2 Å². The smallest absolute Gasteiger partial charge is 0.261 e. The van der Waals surface area contributed by atoms with Gasteiger partial charge in [0.05, 0.1) is 49.3 Å². The molecule has 7 nitrogen and oxygen atoms in total. The second-order valence-corrected chi connectivity index (χ2v) is 10.3. The maximum Gasteiger partial charge on any atom is 0.261 e. The van der Waals surface area contributed by atoms with E-state index in [1.165, 1.54) is 19.5 Å². The Balaban J connectivity index is 1.60. The van der Waals surface area contributed by atoms with Gasteiger partial charge in [0.2, 0.25) is 0 Å². The lowest BCUT2D eigenvalue weighted by molar-refractivity contribution is -0.152. The third-order valence-electron chi connectivity index (χ3n) is 8.33. The third-order valence-corrected chi connectivity index (χ3v) is 8.33. The number of halogens is 2. The first-order valence-electron chi connectivity index (χ1n) is 12.5. The zero-order chi connectivity index (χ0) is 26.7. The quantitative estimate of drug-likeness (QED) is 0.532. The predicted octanol–water partition coefficient (Wildman–Crippen LogP) is 3.55. The van der Waals surface area contributed by atoms with Gasteiger partial charge in [-0.25, -0.2) is 8.78 Å². The van der Waals surface area contributed by atoms with Crippen LogP contribution < -0.4 is 9.47 Å². The highest BCUT2D eigenvalue weighted by Gasteiger charge is 2.76. The standard InChI is InChI=1S/C29H27F2N3O4/c1-37-22-14-33-15-23-25(22)28(36)26(35)21(16-34-12-11-27(30,31)17-34)24(19-5-3-2-4-6-19)29(28,38-23)20-9-7-18(13-32)8-10-20/h2-10,14-15,21,24,26,35-36H,11-12,16-17H2,1H3/t21-,24-,26-,28+,29+/m1/s1. The number of fused-ring (bicyclic) bond motifs is 3. The average Bonchev–Trinajstić information content (AvgIpc) is 3.48. The zero-order valence-corrected chi connectivity index (χ0v) is 20.7. The van der Waals surface area contributed by atoms with Crippen molar-refractivity contribution in [2.75, 3.05) is 26.7 Å². The maximum absolute atomic E-state index is 14.2. The number of alkyl halides is 2. The van der Waals surface area contributed by atoms with Crippen molar-refractivity contribution in [3.8, 4) is 17.6 Å². The molecule has 0 bridgehead atoms. The molecule has 3 aromatic rings. The number of benzene rings is 2. The van der Waals surface area contributed by atoms with Crippen LogP contribution in [-0.4, -0.2) is 58.9 Å². The van der Waals surface area contributed by atoms with Gasteiger partial charge in [-0.05, 0) is 23.3 Å². The summed E-state index contributed by atoms with van der Waals surface area (Å²) in [5, 5.41) is 34.2. The summed E-state index contributed by atoms with van der Waals surface area (Å²) >= 11 is 0.